The molecule has 1 fully saturated rings. The zero-order chi connectivity index (χ0) is 10.8. The van der Waals surface area contributed by atoms with E-state index in [1.807, 2.05) is 0 Å². The van der Waals surface area contributed by atoms with Crippen LogP contribution < -0.4 is 11.5 Å². The van der Waals surface area contributed by atoms with Crippen LogP contribution in [0.5, 0.6) is 0 Å². The predicted octanol–water partition coefficient (Wildman–Crippen LogP) is 2.27. The zero-order valence-corrected chi connectivity index (χ0v) is 9.97. The molecule has 0 aliphatic heterocycles. The Morgan fingerprint density at radius 2 is 1.64 bits per heavy atom. The maximum Gasteiger partial charge on any atom is 0.0157 e. The van der Waals surface area contributed by atoms with E-state index in [2.05, 4.69) is 20.8 Å². The third-order valence-electron chi connectivity index (χ3n) is 3.85. The van der Waals surface area contributed by atoms with Gasteiger partial charge in [-0.05, 0) is 30.2 Å². The van der Waals surface area contributed by atoms with Gasteiger partial charge in [0.05, 0.1) is 0 Å². The number of hydrogen-bond acceptors (Lipinski definition) is 2. The predicted molar refractivity (Wildman–Crippen MR) is 62.0 cm³/mol. The first-order valence-electron chi connectivity index (χ1n) is 5.88. The highest BCUT2D eigenvalue weighted by Gasteiger charge is 2.41. The summed E-state index contributed by atoms with van der Waals surface area (Å²) in [5, 5.41) is 0. The molecule has 0 bridgehead atoms. The van der Waals surface area contributed by atoms with Crippen LogP contribution in [-0.4, -0.2) is 12.6 Å². The van der Waals surface area contributed by atoms with Crippen molar-refractivity contribution in [1.29, 1.82) is 0 Å². The molecule has 0 saturated heterocycles. The Labute approximate surface area is 88.4 Å². The van der Waals surface area contributed by atoms with Crippen LogP contribution in [-0.2, 0) is 0 Å². The minimum absolute atomic E-state index is 0.177. The second kappa shape index (κ2) is 4.19. The molecule has 2 nitrogen and oxygen atoms in total. The molecule has 0 radical (unpaired) electrons. The molecule has 0 aromatic carbocycles. The fourth-order valence-electron chi connectivity index (χ4n) is 2.82. The first-order chi connectivity index (χ1) is 6.42. The Kier molecular flexibility index (Phi) is 3.59. The monoisotopic (exact) mass is 198 g/mol. The van der Waals surface area contributed by atoms with Crippen LogP contribution in [0.2, 0.25) is 0 Å². The highest BCUT2D eigenvalue weighted by atomic mass is 14.8. The van der Waals surface area contributed by atoms with Crippen molar-refractivity contribution in [2.75, 3.05) is 6.54 Å². The van der Waals surface area contributed by atoms with Gasteiger partial charge in [0.1, 0.15) is 0 Å². The number of hydrogen-bond donors (Lipinski definition) is 2. The van der Waals surface area contributed by atoms with E-state index < -0.39 is 0 Å². The average Bonchev–Trinajstić information content (AvgIpc) is 2.16. The van der Waals surface area contributed by atoms with Crippen molar-refractivity contribution in [3.8, 4) is 0 Å². The molecule has 0 aromatic heterocycles. The van der Waals surface area contributed by atoms with Gasteiger partial charge in [0.15, 0.2) is 0 Å². The summed E-state index contributed by atoms with van der Waals surface area (Å²) in [6.45, 7) is 7.43. The van der Waals surface area contributed by atoms with E-state index >= 15 is 0 Å². The molecule has 14 heavy (non-hydrogen) atoms. The fourth-order valence-corrected chi connectivity index (χ4v) is 2.82. The summed E-state index contributed by atoms with van der Waals surface area (Å²) in [5.41, 5.74) is 12.7. The Hall–Kier alpha value is -0.0800. The molecule has 1 saturated carbocycles. The van der Waals surface area contributed by atoms with Gasteiger partial charge >= 0.3 is 0 Å². The van der Waals surface area contributed by atoms with Crippen molar-refractivity contribution in [3.63, 3.8) is 0 Å². The maximum absolute atomic E-state index is 6.39. The van der Waals surface area contributed by atoms with Gasteiger partial charge in [-0.15, -0.1) is 0 Å². The molecule has 1 aliphatic rings. The van der Waals surface area contributed by atoms with Crippen molar-refractivity contribution >= 4 is 0 Å². The van der Waals surface area contributed by atoms with E-state index in [-0.39, 0.29) is 16.9 Å². The largest absolute Gasteiger partial charge is 0.330 e. The Balaban J connectivity index is 2.77. The summed E-state index contributed by atoms with van der Waals surface area (Å²) in [4.78, 5) is 0. The van der Waals surface area contributed by atoms with Crippen molar-refractivity contribution in [1.82, 2.24) is 0 Å². The summed E-state index contributed by atoms with van der Waals surface area (Å²) >= 11 is 0. The van der Waals surface area contributed by atoms with Crippen LogP contribution in [0, 0.1) is 10.8 Å². The first-order valence-corrected chi connectivity index (χ1v) is 5.88. The van der Waals surface area contributed by atoms with Gasteiger partial charge in [0.25, 0.3) is 0 Å². The van der Waals surface area contributed by atoms with E-state index in [4.69, 9.17) is 11.5 Å². The van der Waals surface area contributed by atoms with E-state index in [1.165, 1.54) is 32.1 Å². The second-order valence-electron chi connectivity index (χ2n) is 5.97. The average molecular weight is 198 g/mol. The summed E-state index contributed by atoms with van der Waals surface area (Å²) in [6, 6.07) is 0.236. The third kappa shape index (κ3) is 2.29. The van der Waals surface area contributed by atoms with Gasteiger partial charge in [-0.1, -0.05) is 40.0 Å². The third-order valence-corrected chi connectivity index (χ3v) is 3.85. The Bertz CT molecular complexity index is 175. The van der Waals surface area contributed by atoms with Gasteiger partial charge in [0.2, 0.25) is 0 Å². The van der Waals surface area contributed by atoms with Crippen molar-refractivity contribution < 1.29 is 0 Å². The minimum atomic E-state index is 0.177. The summed E-state index contributed by atoms with van der Waals surface area (Å²) in [5.74, 6) is 0. The summed E-state index contributed by atoms with van der Waals surface area (Å²) in [7, 11) is 0. The second-order valence-corrected chi connectivity index (χ2v) is 5.97. The quantitative estimate of drug-likeness (QED) is 0.715. The Morgan fingerprint density at radius 3 is 2.00 bits per heavy atom. The lowest BCUT2D eigenvalue weighted by Crippen LogP contribution is -2.54. The molecule has 0 heterocycles. The molecule has 0 amide bonds. The normalized spacial score (nSPS) is 24.6. The molecular weight excluding hydrogens is 172 g/mol. The minimum Gasteiger partial charge on any atom is -0.330 e. The molecule has 1 rings (SSSR count). The fraction of sp³-hybridized carbons (Fsp3) is 1.00. The maximum atomic E-state index is 6.39. The molecule has 0 aromatic rings. The van der Waals surface area contributed by atoms with Gasteiger partial charge in [-0.3, -0.25) is 0 Å². The molecule has 4 N–H and O–H groups in total. The van der Waals surface area contributed by atoms with E-state index in [0.29, 0.717) is 0 Å². The van der Waals surface area contributed by atoms with Crippen molar-refractivity contribution in [2.24, 2.45) is 22.3 Å². The van der Waals surface area contributed by atoms with Gasteiger partial charge in [-0.25, -0.2) is 0 Å². The molecule has 1 aliphatic carbocycles. The smallest absolute Gasteiger partial charge is 0.0157 e. The number of rotatable bonds is 2. The highest BCUT2D eigenvalue weighted by molar-refractivity contribution is 4.97. The van der Waals surface area contributed by atoms with Crippen LogP contribution in [0.25, 0.3) is 0 Å². The molecule has 1 atom stereocenters. The lowest BCUT2D eigenvalue weighted by molar-refractivity contribution is 0.0861. The lowest BCUT2D eigenvalue weighted by atomic mass is 9.62. The van der Waals surface area contributed by atoms with Crippen LogP contribution in [0.4, 0.5) is 0 Å². The molecule has 2 heteroatoms. The Morgan fingerprint density at radius 1 is 1.14 bits per heavy atom. The highest BCUT2D eigenvalue weighted by Crippen LogP contribution is 2.43. The molecule has 0 spiro atoms. The van der Waals surface area contributed by atoms with Crippen LogP contribution in [0.1, 0.15) is 52.9 Å². The topological polar surface area (TPSA) is 52.0 Å². The van der Waals surface area contributed by atoms with E-state index in [9.17, 15) is 0 Å². The van der Waals surface area contributed by atoms with Crippen LogP contribution in [0.15, 0.2) is 0 Å². The van der Waals surface area contributed by atoms with Gasteiger partial charge < -0.3 is 11.5 Å². The van der Waals surface area contributed by atoms with Crippen LogP contribution >= 0.6 is 0 Å². The van der Waals surface area contributed by atoms with Crippen LogP contribution in [0.3, 0.4) is 0 Å². The zero-order valence-electron chi connectivity index (χ0n) is 9.97. The lowest BCUT2D eigenvalue weighted by Gasteiger charge is -2.46. The van der Waals surface area contributed by atoms with Crippen molar-refractivity contribution in [3.05, 3.63) is 0 Å². The molecule has 1 unspecified atom stereocenters. The summed E-state index contributed by atoms with van der Waals surface area (Å²) in [6.07, 6.45) is 6.42. The van der Waals surface area contributed by atoms with Crippen molar-refractivity contribution in [2.45, 2.75) is 58.9 Å². The molecular formula is C12H26N2. The van der Waals surface area contributed by atoms with E-state index in [0.717, 1.165) is 6.54 Å². The number of nitrogens with two attached hydrogens (primary N) is 2. The molecule has 84 valence electrons. The van der Waals surface area contributed by atoms with Gasteiger partial charge in [-0.2, -0.15) is 0 Å². The first kappa shape index (κ1) is 12.0. The SMILES string of the molecule is CC(C)(C)C(N)C1(CN)CCCCC1. The standard InChI is InChI=1S/C12H26N2/c1-11(2,3)10(14)12(9-13)7-5-4-6-8-12/h10H,4-9,13-14H2,1-3H3. The van der Waals surface area contributed by atoms with E-state index in [1.54, 1.807) is 0 Å². The van der Waals surface area contributed by atoms with Gasteiger partial charge in [0, 0.05) is 6.04 Å². The summed E-state index contributed by atoms with van der Waals surface area (Å²) < 4.78 is 0.